The van der Waals surface area contributed by atoms with Crippen molar-refractivity contribution in [3.05, 3.63) is 82.0 Å². The third-order valence-corrected chi connectivity index (χ3v) is 4.39. The van der Waals surface area contributed by atoms with Crippen LogP contribution in [-0.4, -0.2) is 21.1 Å². The molecule has 4 rings (SSSR count). The monoisotopic (exact) mass is 375 g/mol. The number of hydrogen-bond acceptors (Lipinski definition) is 6. The van der Waals surface area contributed by atoms with Crippen molar-refractivity contribution in [3.8, 4) is 11.4 Å². The van der Waals surface area contributed by atoms with Crippen LogP contribution in [0.5, 0.6) is 0 Å². The normalized spacial score (nSPS) is 10.9. The third-order valence-electron chi connectivity index (χ3n) is 4.39. The van der Waals surface area contributed by atoms with Gasteiger partial charge in [0.25, 0.3) is 5.89 Å². The molecule has 0 amide bonds. The van der Waals surface area contributed by atoms with Crippen LogP contribution < -0.4 is 5.56 Å². The molecule has 0 radical (unpaired) electrons. The van der Waals surface area contributed by atoms with E-state index in [0.29, 0.717) is 16.7 Å². The second-order valence-corrected chi connectivity index (χ2v) is 6.23. The molecule has 7 heteroatoms. The smallest absolute Gasteiger partial charge is 0.339 e. The van der Waals surface area contributed by atoms with E-state index >= 15 is 0 Å². The first kappa shape index (κ1) is 17.7. The Hall–Kier alpha value is -3.74. The summed E-state index contributed by atoms with van der Waals surface area (Å²) in [6.45, 7) is 1.90. The van der Waals surface area contributed by atoms with Crippen molar-refractivity contribution in [2.75, 3.05) is 0 Å². The molecule has 0 atom stereocenters. The highest BCUT2D eigenvalue weighted by Crippen LogP contribution is 2.19. The Morgan fingerprint density at radius 3 is 2.71 bits per heavy atom. The number of carbonyl (C=O) groups is 1. The minimum Gasteiger partial charge on any atom is -0.452 e. The quantitative estimate of drug-likeness (QED) is 0.536. The number of hydrogen-bond donors (Lipinski definition) is 1. The first-order valence-electron chi connectivity index (χ1n) is 8.85. The average molecular weight is 375 g/mol. The number of aromatic nitrogens is 3. The molecule has 0 saturated heterocycles. The van der Waals surface area contributed by atoms with Gasteiger partial charge in [0, 0.05) is 22.5 Å². The highest BCUT2D eigenvalue weighted by Gasteiger charge is 2.15. The van der Waals surface area contributed by atoms with E-state index < -0.39 is 5.97 Å². The van der Waals surface area contributed by atoms with E-state index in [1.165, 1.54) is 11.6 Å². The van der Waals surface area contributed by atoms with Gasteiger partial charge in [0.15, 0.2) is 6.61 Å². The summed E-state index contributed by atoms with van der Waals surface area (Å²) < 4.78 is 10.4. The predicted octanol–water partition coefficient (Wildman–Crippen LogP) is 3.50. The Balaban J connectivity index is 1.50. The molecule has 0 fully saturated rings. The summed E-state index contributed by atoms with van der Waals surface area (Å²) in [6.07, 6.45) is 0.949. The maximum Gasteiger partial charge on any atom is 0.339 e. The summed E-state index contributed by atoms with van der Waals surface area (Å²) in [4.78, 5) is 31.2. The second-order valence-electron chi connectivity index (χ2n) is 6.23. The van der Waals surface area contributed by atoms with Crippen molar-refractivity contribution in [1.82, 2.24) is 15.1 Å². The highest BCUT2D eigenvalue weighted by molar-refractivity contribution is 6.03. The van der Waals surface area contributed by atoms with Crippen LogP contribution in [0, 0.1) is 0 Å². The minimum absolute atomic E-state index is 0.178. The van der Waals surface area contributed by atoms with Crippen LogP contribution in [0.2, 0.25) is 0 Å². The lowest BCUT2D eigenvalue weighted by Crippen LogP contribution is -2.13. The highest BCUT2D eigenvalue weighted by atomic mass is 16.6. The maximum absolute atomic E-state index is 12.5. The van der Waals surface area contributed by atoms with E-state index in [1.807, 2.05) is 24.3 Å². The van der Waals surface area contributed by atoms with Gasteiger partial charge in [0.2, 0.25) is 11.4 Å². The van der Waals surface area contributed by atoms with Gasteiger partial charge in [-0.2, -0.15) is 4.98 Å². The van der Waals surface area contributed by atoms with Crippen LogP contribution in [0.4, 0.5) is 0 Å². The Morgan fingerprint density at radius 2 is 1.93 bits per heavy atom. The van der Waals surface area contributed by atoms with Crippen LogP contribution in [0.3, 0.4) is 0 Å². The zero-order chi connectivity index (χ0) is 19.5. The molecule has 0 saturated carbocycles. The first-order valence-corrected chi connectivity index (χ1v) is 8.85. The second kappa shape index (κ2) is 7.48. The Morgan fingerprint density at radius 1 is 1.14 bits per heavy atom. The standard InChI is InChI=1S/C21H17N3O4/c1-2-13-7-9-14(10-8-13)20-23-19(28-24-20)12-27-21(26)16-11-18(25)22-17-6-4-3-5-15(16)17/h3-11H,2,12H2,1H3,(H,22,25). The fraction of sp³-hybridized carbons (Fsp3) is 0.143. The summed E-state index contributed by atoms with van der Waals surface area (Å²) in [5.74, 6) is -0.0262. The molecule has 1 N–H and O–H groups in total. The maximum atomic E-state index is 12.5. The molecule has 0 unspecified atom stereocenters. The summed E-state index contributed by atoms with van der Waals surface area (Å²) in [7, 11) is 0. The van der Waals surface area contributed by atoms with Crippen LogP contribution in [0.1, 0.15) is 28.7 Å². The molecule has 2 aromatic heterocycles. The van der Waals surface area contributed by atoms with E-state index in [0.717, 1.165) is 12.0 Å². The van der Waals surface area contributed by atoms with E-state index in [-0.39, 0.29) is 23.6 Å². The predicted molar refractivity (Wildman–Crippen MR) is 103 cm³/mol. The van der Waals surface area contributed by atoms with Crippen molar-refractivity contribution < 1.29 is 14.1 Å². The van der Waals surface area contributed by atoms with Crippen LogP contribution in [0.15, 0.2) is 63.9 Å². The number of fused-ring (bicyclic) bond motifs is 1. The van der Waals surface area contributed by atoms with Gasteiger partial charge < -0.3 is 14.2 Å². The number of carbonyl (C=O) groups excluding carboxylic acids is 1. The first-order chi connectivity index (χ1) is 13.6. The number of H-pyrrole nitrogens is 1. The number of benzene rings is 2. The Labute approximate surface area is 160 Å². The molecule has 2 heterocycles. The molecule has 0 aliphatic rings. The largest absolute Gasteiger partial charge is 0.452 e. The summed E-state index contributed by atoms with van der Waals surface area (Å²) >= 11 is 0. The minimum atomic E-state index is -0.630. The van der Waals surface area contributed by atoms with Gasteiger partial charge in [0.1, 0.15) is 0 Å². The van der Waals surface area contributed by atoms with Gasteiger partial charge >= 0.3 is 5.97 Å². The lowest BCUT2D eigenvalue weighted by molar-refractivity contribution is 0.0432. The summed E-state index contributed by atoms with van der Waals surface area (Å²) in [6, 6.07) is 16.1. The van der Waals surface area contributed by atoms with Crippen LogP contribution >= 0.6 is 0 Å². The van der Waals surface area contributed by atoms with Crippen molar-refractivity contribution in [2.45, 2.75) is 20.0 Å². The molecule has 4 aromatic rings. The number of aryl methyl sites for hydroxylation is 1. The zero-order valence-electron chi connectivity index (χ0n) is 15.1. The number of ether oxygens (including phenoxy) is 1. The molecule has 28 heavy (non-hydrogen) atoms. The molecular weight excluding hydrogens is 358 g/mol. The van der Waals surface area contributed by atoms with Crippen molar-refractivity contribution in [2.24, 2.45) is 0 Å². The number of nitrogens with one attached hydrogen (secondary N) is 1. The zero-order valence-corrected chi connectivity index (χ0v) is 15.1. The number of esters is 1. The van der Waals surface area contributed by atoms with Crippen molar-refractivity contribution >= 4 is 16.9 Å². The summed E-state index contributed by atoms with van der Waals surface area (Å²) in [5.41, 5.74) is 2.42. The van der Waals surface area contributed by atoms with Crippen molar-refractivity contribution in [3.63, 3.8) is 0 Å². The molecule has 0 aliphatic heterocycles. The average Bonchev–Trinajstić information content (AvgIpc) is 3.20. The van der Waals surface area contributed by atoms with Gasteiger partial charge in [-0.3, -0.25) is 4.79 Å². The molecule has 0 spiro atoms. The number of nitrogens with zero attached hydrogens (tertiary/aromatic N) is 2. The number of pyridine rings is 1. The lowest BCUT2D eigenvalue weighted by atomic mass is 10.1. The molecule has 0 aliphatic carbocycles. The molecule has 2 aromatic carbocycles. The van der Waals surface area contributed by atoms with Gasteiger partial charge in [-0.05, 0) is 18.1 Å². The van der Waals surface area contributed by atoms with E-state index in [4.69, 9.17) is 9.26 Å². The van der Waals surface area contributed by atoms with Crippen molar-refractivity contribution in [1.29, 1.82) is 0 Å². The number of rotatable bonds is 5. The van der Waals surface area contributed by atoms with Crippen LogP contribution in [0.25, 0.3) is 22.3 Å². The van der Waals surface area contributed by atoms with E-state index in [9.17, 15) is 9.59 Å². The summed E-state index contributed by atoms with van der Waals surface area (Å²) in [5, 5.41) is 4.53. The Kier molecular flexibility index (Phi) is 4.72. The topological polar surface area (TPSA) is 98.1 Å². The van der Waals surface area contributed by atoms with Gasteiger partial charge in [0.05, 0.1) is 5.56 Å². The van der Waals surface area contributed by atoms with Gasteiger partial charge in [-0.15, -0.1) is 0 Å². The molecular formula is C21H17N3O4. The lowest BCUT2D eigenvalue weighted by Gasteiger charge is -2.05. The van der Waals surface area contributed by atoms with E-state index in [2.05, 4.69) is 22.0 Å². The third kappa shape index (κ3) is 3.55. The fourth-order valence-corrected chi connectivity index (χ4v) is 2.90. The fourth-order valence-electron chi connectivity index (χ4n) is 2.90. The Bertz CT molecular complexity index is 1190. The molecule has 0 bridgehead atoms. The molecule has 140 valence electrons. The van der Waals surface area contributed by atoms with E-state index in [1.54, 1.807) is 24.3 Å². The van der Waals surface area contributed by atoms with Crippen LogP contribution in [-0.2, 0) is 17.8 Å². The molecule has 7 nitrogen and oxygen atoms in total. The number of para-hydroxylation sites is 1. The van der Waals surface area contributed by atoms with Gasteiger partial charge in [-0.1, -0.05) is 54.5 Å². The number of aromatic amines is 1. The van der Waals surface area contributed by atoms with Gasteiger partial charge in [-0.25, -0.2) is 4.79 Å². The SMILES string of the molecule is CCc1ccc(-c2noc(COC(=O)c3cc(=O)[nH]c4ccccc34)n2)cc1.